The lowest BCUT2D eigenvalue weighted by Crippen LogP contribution is -2.10. The van der Waals surface area contributed by atoms with Gasteiger partial charge in [-0.05, 0) is 18.2 Å². The molecule has 112 valence electrons. The van der Waals surface area contributed by atoms with Gasteiger partial charge in [-0.15, -0.1) is 0 Å². The molecule has 6 nitrogen and oxygen atoms in total. The number of hydrogen-bond donors (Lipinski definition) is 2. The summed E-state index contributed by atoms with van der Waals surface area (Å²) >= 11 is 0. The van der Waals surface area contributed by atoms with Crippen molar-refractivity contribution in [3.63, 3.8) is 0 Å². The Bertz CT molecular complexity index is 971. The second-order valence-electron chi connectivity index (χ2n) is 5.07. The van der Waals surface area contributed by atoms with E-state index < -0.39 is 0 Å². The van der Waals surface area contributed by atoms with Crippen LogP contribution in [0.4, 0.5) is 5.69 Å². The highest BCUT2D eigenvalue weighted by Crippen LogP contribution is 2.20. The number of H-pyrrole nitrogens is 1. The maximum Gasteiger partial charge on any atom is 0.257 e. The van der Waals surface area contributed by atoms with E-state index in [9.17, 15) is 4.79 Å². The summed E-state index contributed by atoms with van der Waals surface area (Å²) < 4.78 is 1.91. The molecule has 4 rings (SSSR count). The number of aromatic nitrogens is 4. The Labute approximate surface area is 131 Å². The number of amides is 1. The molecule has 6 heteroatoms. The Morgan fingerprint density at radius 1 is 1.17 bits per heavy atom. The van der Waals surface area contributed by atoms with Crippen LogP contribution < -0.4 is 5.32 Å². The van der Waals surface area contributed by atoms with Crippen molar-refractivity contribution in [2.45, 2.75) is 0 Å². The molecule has 0 unspecified atom stereocenters. The van der Waals surface area contributed by atoms with Gasteiger partial charge >= 0.3 is 0 Å². The summed E-state index contributed by atoms with van der Waals surface area (Å²) in [6.07, 6.45) is 8.66. The third kappa shape index (κ3) is 2.46. The Morgan fingerprint density at radius 2 is 2.04 bits per heavy atom. The molecule has 0 saturated carbocycles. The monoisotopic (exact) mass is 303 g/mol. The van der Waals surface area contributed by atoms with Crippen LogP contribution in [0, 0.1) is 0 Å². The van der Waals surface area contributed by atoms with Crippen molar-refractivity contribution in [2.75, 3.05) is 5.32 Å². The van der Waals surface area contributed by atoms with E-state index in [-0.39, 0.29) is 5.91 Å². The average Bonchev–Trinajstić information content (AvgIpc) is 3.22. The molecule has 1 aromatic carbocycles. The first-order valence-corrected chi connectivity index (χ1v) is 7.13. The predicted octanol–water partition coefficient (Wildman–Crippen LogP) is 2.98. The van der Waals surface area contributed by atoms with E-state index >= 15 is 0 Å². The standard InChI is InChI=1S/C17H13N5O/c23-17(21-13-4-2-1-3-5-13)12-8-14(19-9-12)15-10-20-16-11-18-6-7-22(15)16/h1-11,19H,(H,21,23). The molecular weight excluding hydrogens is 290 g/mol. The van der Waals surface area contributed by atoms with E-state index in [2.05, 4.69) is 20.3 Å². The smallest absolute Gasteiger partial charge is 0.257 e. The van der Waals surface area contributed by atoms with Crippen molar-refractivity contribution in [3.8, 4) is 11.4 Å². The molecule has 2 N–H and O–H groups in total. The van der Waals surface area contributed by atoms with Gasteiger partial charge < -0.3 is 10.3 Å². The molecule has 0 bridgehead atoms. The second kappa shape index (κ2) is 5.42. The van der Waals surface area contributed by atoms with Crippen LogP contribution in [0.2, 0.25) is 0 Å². The molecule has 0 spiro atoms. The minimum absolute atomic E-state index is 0.158. The van der Waals surface area contributed by atoms with Crippen molar-refractivity contribution in [2.24, 2.45) is 0 Å². The number of rotatable bonds is 3. The van der Waals surface area contributed by atoms with Crippen LogP contribution >= 0.6 is 0 Å². The molecule has 0 fully saturated rings. The summed E-state index contributed by atoms with van der Waals surface area (Å²) in [4.78, 5) is 23.8. The van der Waals surface area contributed by atoms with Crippen LogP contribution in [0.3, 0.4) is 0 Å². The predicted molar refractivity (Wildman–Crippen MR) is 87.2 cm³/mol. The number of carbonyl (C=O) groups excluding carboxylic acids is 1. The third-order valence-corrected chi connectivity index (χ3v) is 3.57. The van der Waals surface area contributed by atoms with Gasteiger partial charge in [-0.1, -0.05) is 18.2 Å². The quantitative estimate of drug-likeness (QED) is 0.611. The molecule has 0 radical (unpaired) electrons. The number of fused-ring (bicyclic) bond motifs is 1. The van der Waals surface area contributed by atoms with Crippen molar-refractivity contribution in [3.05, 3.63) is 72.9 Å². The molecule has 0 atom stereocenters. The number of imidazole rings is 1. The largest absolute Gasteiger partial charge is 0.359 e. The molecule has 0 aliphatic carbocycles. The lowest BCUT2D eigenvalue weighted by Gasteiger charge is -2.02. The van der Waals surface area contributed by atoms with Crippen molar-refractivity contribution >= 4 is 17.2 Å². The van der Waals surface area contributed by atoms with Gasteiger partial charge in [-0.3, -0.25) is 14.2 Å². The molecule has 23 heavy (non-hydrogen) atoms. The number of benzene rings is 1. The maximum absolute atomic E-state index is 12.3. The van der Waals surface area contributed by atoms with E-state index in [0.717, 1.165) is 22.7 Å². The molecular formula is C17H13N5O. The Balaban J connectivity index is 1.63. The zero-order valence-electron chi connectivity index (χ0n) is 12.1. The summed E-state index contributed by atoms with van der Waals surface area (Å²) in [7, 11) is 0. The zero-order chi connectivity index (χ0) is 15.6. The van der Waals surface area contributed by atoms with Gasteiger partial charge in [-0.2, -0.15) is 0 Å². The van der Waals surface area contributed by atoms with Gasteiger partial charge in [0.15, 0.2) is 5.65 Å². The van der Waals surface area contributed by atoms with E-state index in [0.29, 0.717) is 5.56 Å². The van der Waals surface area contributed by atoms with Crippen LogP contribution in [-0.2, 0) is 0 Å². The van der Waals surface area contributed by atoms with E-state index in [4.69, 9.17) is 0 Å². The number of anilines is 1. The minimum atomic E-state index is -0.158. The summed E-state index contributed by atoms with van der Waals surface area (Å²) in [5, 5.41) is 2.86. The SMILES string of the molecule is O=C(Nc1ccccc1)c1c[nH]c(-c2cnc3cnccn23)c1. The van der Waals surface area contributed by atoms with Gasteiger partial charge in [0, 0.05) is 24.3 Å². The lowest BCUT2D eigenvalue weighted by atomic mass is 10.2. The highest BCUT2D eigenvalue weighted by atomic mass is 16.1. The second-order valence-corrected chi connectivity index (χ2v) is 5.07. The van der Waals surface area contributed by atoms with Crippen LogP contribution in [0.25, 0.3) is 17.0 Å². The fraction of sp³-hybridized carbons (Fsp3) is 0. The lowest BCUT2D eigenvalue weighted by molar-refractivity contribution is 0.102. The van der Waals surface area contributed by atoms with Crippen LogP contribution in [0.15, 0.2) is 67.4 Å². The van der Waals surface area contributed by atoms with E-state index in [1.54, 1.807) is 24.8 Å². The number of para-hydroxylation sites is 1. The first kappa shape index (κ1) is 13.3. The summed E-state index contributed by atoms with van der Waals surface area (Å²) in [5.74, 6) is -0.158. The summed E-state index contributed by atoms with van der Waals surface area (Å²) in [6.45, 7) is 0. The molecule has 3 aromatic heterocycles. The average molecular weight is 303 g/mol. The molecule has 0 aliphatic heterocycles. The first-order valence-electron chi connectivity index (χ1n) is 7.13. The molecule has 4 aromatic rings. The van der Waals surface area contributed by atoms with E-state index in [1.807, 2.05) is 47.0 Å². The Morgan fingerprint density at radius 3 is 2.91 bits per heavy atom. The fourth-order valence-corrected chi connectivity index (χ4v) is 2.44. The normalized spacial score (nSPS) is 10.8. The van der Waals surface area contributed by atoms with Gasteiger partial charge in [0.2, 0.25) is 0 Å². The molecule has 0 aliphatic rings. The summed E-state index contributed by atoms with van der Waals surface area (Å²) in [5.41, 5.74) is 3.78. The van der Waals surface area contributed by atoms with Crippen molar-refractivity contribution < 1.29 is 4.79 Å². The van der Waals surface area contributed by atoms with Gasteiger partial charge in [-0.25, -0.2) is 4.98 Å². The summed E-state index contributed by atoms with van der Waals surface area (Å²) in [6, 6.07) is 11.2. The zero-order valence-corrected chi connectivity index (χ0v) is 12.1. The topological polar surface area (TPSA) is 75.1 Å². The highest BCUT2D eigenvalue weighted by Gasteiger charge is 2.12. The number of aromatic amines is 1. The molecule has 3 heterocycles. The van der Waals surface area contributed by atoms with Gasteiger partial charge in [0.25, 0.3) is 5.91 Å². The van der Waals surface area contributed by atoms with Crippen LogP contribution in [0.1, 0.15) is 10.4 Å². The van der Waals surface area contributed by atoms with Gasteiger partial charge in [0.05, 0.1) is 29.3 Å². The van der Waals surface area contributed by atoms with Crippen molar-refractivity contribution in [1.82, 2.24) is 19.4 Å². The van der Waals surface area contributed by atoms with Crippen LogP contribution in [-0.4, -0.2) is 25.3 Å². The van der Waals surface area contributed by atoms with Crippen molar-refractivity contribution in [1.29, 1.82) is 0 Å². The first-order chi connectivity index (χ1) is 11.3. The van der Waals surface area contributed by atoms with Crippen LogP contribution in [0.5, 0.6) is 0 Å². The number of carbonyl (C=O) groups is 1. The third-order valence-electron chi connectivity index (χ3n) is 3.57. The minimum Gasteiger partial charge on any atom is -0.359 e. The molecule has 0 saturated heterocycles. The maximum atomic E-state index is 12.3. The fourth-order valence-electron chi connectivity index (χ4n) is 2.44. The highest BCUT2D eigenvalue weighted by molar-refractivity contribution is 6.04. The number of nitrogens with zero attached hydrogens (tertiary/aromatic N) is 3. The molecule has 1 amide bonds. The Kier molecular flexibility index (Phi) is 3.12. The number of nitrogens with one attached hydrogen (secondary N) is 2. The number of hydrogen-bond acceptors (Lipinski definition) is 3. The van der Waals surface area contributed by atoms with Gasteiger partial charge in [0.1, 0.15) is 0 Å². The van der Waals surface area contributed by atoms with E-state index in [1.165, 1.54) is 0 Å². The Hall–Kier alpha value is -3.41.